The first-order valence-corrected chi connectivity index (χ1v) is 6.59. The number of carbonyl (C=O) groups is 1. The van der Waals surface area contributed by atoms with Crippen LogP contribution in [0.3, 0.4) is 0 Å². The average molecular weight is 279 g/mol. The molecule has 0 heterocycles. The summed E-state index contributed by atoms with van der Waals surface area (Å²) in [6.45, 7) is 6.05. The maximum Gasteiger partial charge on any atom is 0.293 e. The van der Waals surface area contributed by atoms with Crippen molar-refractivity contribution >= 4 is 17.3 Å². The molecule has 0 aliphatic heterocycles. The highest BCUT2D eigenvalue weighted by Crippen LogP contribution is 2.29. The largest absolute Gasteiger partial charge is 0.375 e. The Balaban J connectivity index is 3.14. The van der Waals surface area contributed by atoms with Gasteiger partial charge in [-0.2, -0.15) is 0 Å². The number of nitro groups is 1. The van der Waals surface area contributed by atoms with Crippen molar-refractivity contribution in [1.82, 2.24) is 5.32 Å². The van der Waals surface area contributed by atoms with Crippen molar-refractivity contribution < 1.29 is 9.72 Å². The Morgan fingerprint density at radius 1 is 1.40 bits per heavy atom. The molecule has 0 bridgehead atoms. The zero-order valence-electron chi connectivity index (χ0n) is 12.3. The van der Waals surface area contributed by atoms with Gasteiger partial charge in [-0.05, 0) is 32.4 Å². The number of rotatable bonds is 6. The molecule has 0 fully saturated rings. The molecule has 0 radical (unpaired) electrons. The quantitative estimate of drug-likeness (QED) is 0.619. The second-order valence-electron chi connectivity index (χ2n) is 5.33. The van der Waals surface area contributed by atoms with Gasteiger partial charge in [-0.25, -0.2) is 0 Å². The van der Waals surface area contributed by atoms with Gasteiger partial charge in [0.15, 0.2) is 0 Å². The minimum absolute atomic E-state index is 0.0877. The van der Waals surface area contributed by atoms with Crippen molar-refractivity contribution in [1.29, 1.82) is 0 Å². The van der Waals surface area contributed by atoms with Crippen LogP contribution in [-0.4, -0.2) is 23.4 Å². The van der Waals surface area contributed by atoms with Crippen molar-refractivity contribution in [3.8, 4) is 0 Å². The summed E-state index contributed by atoms with van der Waals surface area (Å²) in [5, 5.41) is 16.8. The molecule has 0 atom stereocenters. The van der Waals surface area contributed by atoms with Crippen LogP contribution in [-0.2, 0) is 0 Å². The van der Waals surface area contributed by atoms with Crippen molar-refractivity contribution in [3.05, 3.63) is 33.9 Å². The molecule has 0 saturated carbocycles. The minimum Gasteiger partial charge on any atom is -0.375 e. The summed E-state index contributed by atoms with van der Waals surface area (Å²) in [6.07, 6.45) is 1.87. The second-order valence-corrected chi connectivity index (χ2v) is 5.33. The Kier molecular flexibility index (Phi) is 5.07. The Morgan fingerprint density at radius 3 is 2.55 bits per heavy atom. The molecule has 0 unspecified atom stereocenters. The maximum atomic E-state index is 11.5. The molecule has 0 aliphatic carbocycles. The van der Waals surface area contributed by atoms with Gasteiger partial charge in [-0.1, -0.05) is 13.3 Å². The van der Waals surface area contributed by atoms with Crippen molar-refractivity contribution in [2.75, 3.05) is 12.4 Å². The zero-order chi connectivity index (χ0) is 15.3. The molecule has 2 N–H and O–H groups in total. The van der Waals surface area contributed by atoms with E-state index >= 15 is 0 Å². The van der Waals surface area contributed by atoms with Crippen LogP contribution in [0.25, 0.3) is 0 Å². The summed E-state index contributed by atoms with van der Waals surface area (Å²) in [5.74, 6) is -0.340. The molecule has 1 aromatic rings. The van der Waals surface area contributed by atoms with Crippen LogP contribution in [0.2, 0.25) is 0 Å². The van der Waals surface area contributed by atoms with Crippen molar-refractivity contribution in [3.63, 3.8) is 0 Å². The highest BCUT2D eigenvalue weighted by atomic mass is 16.6. The SMILES string of the molecule is CCCC(C)(C)Nc1ccc(C(=O)NC)cc1[N+](=O)[O-]. The van der Waals surface area contributed by atoms with Crippen LogP contribution in [0.4, 0.5) is 11.4 Å². The molecule has 1 aromatic carbocycles. The molecule has 0 aromatic heterocycles. The van der Waals surface area contributed by atoms with Crippen LogP contribution in [0.15, 0.2) is 18.2 Å². The summed E-state index contributed by atoms with van der Waals surface area (Å²) in [4.78, 5) is 22.2. The van der Waals surface area contributed by atoms with Gasteiger partial charge in [0, 0.05) is 24.2 Å². The lowest BCUT2D eigenvalue weighted by molar-refractivity contribution is -0.384. The van der Waals surface area contributed by atoms with Crippen LogP contribution >= 0.6 is 0 Å². The van der Waals surface area contributed by atoms with Crippen molar-refractivity contribution in [2.45, 2.75) is 39.2 Å². The van der Waals surface area contributed by atoms with Gasteiger partial charge in [-0.15, -0.1) is 0 Å². The Morgan fingerprint density at radius 2 is 2.05 bits per heavy atom. The van der Waals surface area contributed by atoms with Crippen LogP contribution in [0.5, 0.6) is 0 Å². The zero-order valence-corrected chi connectivity index (χ0v) is 12.3. The van der Waals surface area contributed by atoms with Gasteiger partial charge < -0.3 is 10.6 Å². The predicted molar refractivity (Wildman–Crippen MR) is 79.1 cm³/mol. The van der Waals surface area contributed by atoms with Crippen LogP contribution in [0.1, 0.15) is 44.0 Å². The Bertz CT molecular complexity index is 512. The van der Waals surface area contributed by atoms with Gasteiger partial charge in [-0.3, -0.25) is 14.9 Å². The smallest absolute Gasteiger partial charge is 0.293 e. The summed E-state index contributed by atoms with van der Waals surface area (Å²) >= 11 is 0. The van der Waals surface area contributed by atoms with E-state index in [-0.39, 0.29) is 22.7 Å². The number of nitrogens with zero attached hydrogens (tertiary/aromatic N) is 1. The number of hydrogen-bond donors (Lipinski definition) is 2. The molecule has 0 saturated heterocycles. The normalized spacial score (nSPS) is 11.0. The van der Waals surface area contributed by atoms with E-state index in [0.717, 1.165) is 12.8 Å². The fourth-order valence-electron chi connectivity index (χ4n) is 2.13. The van der Waals surface area contributed by atoms with Gasteiger partial charge in [0.05, 0.1) is 4.92 Å². The lowest BCUT2D eigenvalue weighted by atomic mass is 9.98. The minimum atomic E-state index is -0.475. The molecule has 0 spiro atoms. The topological polar surface area (TPSA) is 84.3 Å². The van der Waals surface area contributed by atoms with E-state index in [1.54, 1.807) is 12.1 Å². The molecule has 6 heteroatoms. The first-order chi connectivity index (χ1) is 9.30. The molecule has 1 rings (SSSR count). The summed E-state index contributed by atoms with van der Waals surface area (Å²) in [6, 6.07) is 4.46. The number of nitro benzene ring substituents is 1. The number of hydrogen-bond acceptors (Lipinski definition) is 4. The lowest BCUT2D eigenvalue weighted by Crippen LogP contribution is -2.30. The molecule has 0 aliphatic rings. The standard InChI is InChI=1S/C14H21N3O3/c1-5-8-14(2,3)16-11-7-6-10(13(18)15-4)9-12(11)17(19)20/h6-7,9,16H,5,8H2,1-4H3,(H,15,18). The van der Waals surface area contributed by atoms with E-state index in [4.69, 9.17) is 0 Å². The third kappa shape index (κ3) is 3.94. The van der Waals surface area contributed by atoms with E-state index < -0.39 is 4.92 Å². The predicted octanol–water partition coefficient (Wildman–Crippen LogP) is 2.95. The number of anilines is 1. The summed E-state index contributed by atoms with van der Waals surface area (Å²) < 4.78 is 0. The molecule has 20 heavy (non-hydrogen) atoms. The van der Waals surface area contributed by atoms with Crippen LogP contribution in [0, 0.1) is 10.1 Å². The molecule has 110 valence electrons. The van der Waals surface area contributed by atoms with E-state index in [0.29, 0.717) is 5.69 Å². The summed E-state index contributed by atoms with van der Waals surface area (Å²) in [5.41, 5.74) is 0.378. The van der Waals surface area contributed by atoms with Crippen LogP contribution < -0.4 is 10.6 Å². The summed E-state index contributed by atoms with van der Waals surface area (Å²) in [7, 11) is 1.49. The third-order valence-corrected chi connectivity index (χ3v) is 3.03. The maximum absolute atomic E-state index is 11.5. The van der Waals surface area contributed by atoms with Gasteiger partial charge >= 0.3 is 0 Å². The highest BCUT2D eigenvalue weighted by molar-refractivity contribution is 5.95. The van der Waals surface area contributed by atoms with Gasteiger partial charge in [0.2, 0.25) is 0 Å². The Hall–Kier alpha value is -2.11. The number of benzene rings is 1. The first-order valence-electron chi connectivity index (χ1n) is 6.59. The number of nitrogens with one attached hydrogen (secondary N) is 2. The fourth-order valence-corrected chi connectivity index (χ4v) is 2.13. The monoisotopic (exact) mass is 279 g/mol. The van der Waals surface area contributed by atoms with E-state index in [1.165, 1.54) is 13.1 Å². The van der Waals surface area contributed by atoms with Gasteiger partial charge in [0.25, 0.3) is 11.6 Å². The average Bonchev–Trinajstić information content (AvgIpc) is 2.37. The third-order valence-electron chi connectivity index (χ3n) is 3.03. The molecule has 1 amide bonds. The highest BCUT2D eigenvalue weighted by Gasteiger charge is 2.23. The first kappa shape index (κ1) is 15.9. The van der Waals surface area contributed by atoms with Gasteiger partial charge in [0.1, 0.15) is 5.69 Å². The van der Waals surface area contributed by atoms with E-state index in [9.17, 15) is 14.9 Å². The van der Waals surface area contributed by atoms with Crippen molar-refractivity contribution in [2.24, 2.45) is 0 Å². The number of amides is 1. The van der Waals surface area contributed by atoms with E-state index in [1.807, 2.05) is 13.8 Å². The lowest BCUT2D eigenvalue weighted by Gasteiger charge is -2.27. The second kappa shape index (κ2) is 6.36. The Labute approximate surface area is 118 Å². The molecular formula is C14H21N3O3. The fraction of sp³-hybridized carbons (Fsp3) is 0.500. The number of carbonyl (C=O) groups excluding carboxylic acids is 1. The van der Waals surface area contributed by atoms with E-state index in [2.05, 4.69) is 17.6 Å². The molecule has 6 nitrogen and oxygen atoms in total. The molecular weight excluding hydrogens is 258 g/mol.